The van der Waals surface area contributed by atoms with Gasteiger partial charge in [-0.3, -0.25) is 9.52 Å². The minimum Gasteiger partial charge on any atom is -0.380 e. The van der Waals surface area contributed by atoms with Gasteiger partial charge in [0.2, 0.25) is 0 Å². The van der Waals surface area contributed by atoms with E-state index in [1.54, 1.807) is 31.4 Å². The van der Waals surface area contributed by atoms with Crippen LogP contribution >= 0.6 is 11.6 Å². The largest absolute Gasteiger partial charge is 0.380 e. The number of anilines is 1. The zero-order valence-corrected chi connectivity index (χ0v) is 17.8. The van der Waals surface area contributed by atoms with Crippen LogP contribution in [0.25, 0.3) is 0 Å². The minimum atomic E-state index is -3.86. The molecule has 0 atom stereocenters. The van der Waals surface area contributed by atoms with Gasteiger partial charge in [-0.1, -0.05) is 48.0 Å². The zero-order chi connectivity index (χ0) is 21.6. The second-order valence-corrected chi connectivity index (χ2v) is 8.69. The molecule has 2 N–H and O–H groups in total. The van der Waals surface area contributed by atoms with E-state index < -0.39 is 10.0 Å². The molecule has 0 radical (unpaired) electrons. The third-order valence-electron chi connectivity index (χ3n) is 4.27. The number of benzene rings is 3. The van der Waals surface area contributed by atoms with Crippen LogP contribution in [0.15, 0.2) is 77.7 Å². The number of sulfonamides is 1. The summed E-state index contributed by atoms with van der Waals surface area (Å²) in [5.74, 6) is -0.365. The molecule has 3 aromatic rings. The van der Waals surface area contributed by atoms with Crippen molar-refractivity contribution >= 4 is 33.2 Å². The van der Waals surface area contributed by atoms with Crippen molar-refractivity contribution in [1.29, 1.82) is 0 Å². The normalized spacial score (nSPS) is 11.1. The highest BCUT2D eigenvalue weighted by molar-refractivity contribution is 7.92. The van der Waals surface area contributed by atoms with E-state index in [0.717, 1.165) is 11.1 Å². The standard InChI is InChI=1S/C22H21ClN2O4S/c1-29-15-17-10-8-16(9-11-17)14-24-22(26)18-4-2-7-21(12-18)30(27,28)25-20-6-3-5-19(23)13-20/h2-13,25H,14-15H2,1H3,(H,24,26). The van der Waals surface area contributed by atoms with Crippen LogP contribution in [0.3, 0.4) is 0 Å². The Bertz CT molecular complexity index is 1130. The fourth-order valence-electron chi connectivity index (χ4n) is 2.77. The summed E-state index contributed by atoms with van der Waals surface area (Å²) in [6.45, 7) is 0.848. The highest BCUT2D eigenvalue weighted by Gasteiger charge is 2.16. The highest BCUT2D eigenvalue weighted by atomic mass is 35.5. The van der Waals surface area contributed by atoms with Gasteiger partial charge in [0.25, 0.3) is 15.9 Å². The van der Waals surface area contributed by atoms with Crippen LogP contribution < -0.4 is 10.0 Å². The van der Waals surface area contributed by atoms with Crippen LogP contribution in [0.2, 0.25) is 5.02 Å². The molecule has 0 spiro atoms. The number of carbonyl (C=O) groups is 1. The predicted octanol–water partition coefficient (Wildman–Crippen LogP) is 4.22. The van der Waals surface area contributed by atoms with Crippen molar-refractivity contribution in [2.75, 3.05) is 11.8 Å². The molecule has 6 nitrogen and oxygen atoms in total. The van der Waals surface area contributed by atoms with Crippen LogP contribution in [0, 0.1) is 0 Å². The molecular weight excluding hydrogens is 424 g/mol. The van der Waals surface area contributed by atoms with Gasteiger partial charge in [-0.15, -0.1) is 0 Å². The van der Waals surface area contributed by atoms with Crippen LogP contribution in [0.1, 0.15) is 21.5 Å². The predicted molar refractivity (Wildman–Crippen MR) is 117 cm³/mol. The first kappa shape index (κ1) is 21.8. The van der Waals surface area contributed by atoms with E-state index in [2.05, 4.69) is 10.0 Å². The number of hydrogen-bond acceptors (Lipinski definition) is 4. The average molecular weight is 445 g/mol. The molecule has 1 amide bonds. The molecule has 0 fully saturated rings. The Morgan fingerprint density at radius 2 is 1.67 bits per heavy atom. The SMILES string of the molecule is COCc1ccc(CNC(=O)c2cccc(S(=O)(=O)Nc3cccc(Cl)c3)c2)cc1. The van der Waals surface area contributed by atoms with E-state index in [-0.39, 0.29) is 16.4 Å². The Labute approximate surface area is 180 Å². The topological polar surface area (TPSA) is 84.5 Å². The maximum Gasteiger partial charge on any atom is 0.261 e. The van der Waals surface area contributed by atoms with Gasteiger partial charge in [-0.25, -0.2) is 8.42 Å². The highest BCUT2D eigenvalue weighted by Crippen LogP contribution is 2.20. The Morgan fingerprint density at radius 3 is 2.37 bits per heavy atom. The molecule has 0 aliphatic rings. The van der Waals surface area contributed by atoms with Crippen molar-refractivity contribution in [3.63, 3.8) is 0 Å². The summed E-state index contributed by atoms with van der Waals surface area (Å²) in [6.07, 6.45) is 0. The molecule has 156 valence electrons. The first-order valence-electron chi connectivity index (χ1n) is 9.11. The lowest BCUT2D eigenvalue weighted by Gasteiger charge is -2.10. The van der Waals surface area contributed by atoms with Gasteiger partial charge in [0.05, 0.1) is 17.2 Å². The summed E-state index contributed by atoms with van der Waals surface area (Å²) >= 11 is 5.90. The van der Waals surface area contributed by atoms with Crippen molar-refractivity contribution in [3.8, 4) is 0 Å². The lowest BCUT2D eigenvalue weighted by Crippen LogP contribution is -2.23. The van der Waals surface area contributed by atoms with Gasteiger partial charge in [-0.2, -0.15) is 0 Å². The molecule has 3 aromatic carbocycles. The number of hydrogen-bond donors (Lipinski definition) is 2. The number of methoxy groups -OCH3 is 1. The first-order chi connectivity index (χ1) is 14.4. The van der Waals surface area contributed by atoms with E-state index in [0.29, 0.717) is 23.9 Å². The summed E-state index contributed by atoms with van der Waals surface area (Å²) in [7, 11) is -2.23. The maximum atomic E-state index is 12.7. The van der Waals surface area contributed by atoms with Gasteiger partial charge >= 0.3 is 0 Å². The van der Waals surface area contributed by atoms with E-state index in [4.69, 9.17) is 16.3 Å². The van der Waals surface area contributed by atoms with E-state index in [1.807, 2.05) is 24.3 Å². The lowest BCUT2D eigenvalue weighted by atomic mass is 10.1. The summed E-state index contributed by atoms with van der Waals surface area (Å²) in [5.41, 5.74) is 2.56. The Morgan fingerprint density at radius 1 is 0.967 bits per heavy atom. The molecule has 0 bridgehead atoms. The Kier molecular flexibility index (Phi) is 7.10. The van der Waals surface area contributed by atoms with Gasteiger partial charge in [0, 0.05) is 24.2 Å². The fraction of sp³-hybridized carbons (Fsp3) is 0.136. The maximum absolute atomic E-state index is 12.7. The average Bonchev–Trinajstić information content (AvgIpc) is 2.73. The summed E-state index contributed by atoms with van der Waals surface area (Å²) in [6, 6.07) is 19.9. The first-order valence-corrected chi connectivity index (χ1v) is 11.0. The summed E-state index contributed by atoms with van der Waals surface area (Å²) < 4.78 is 32.8. The molecule has 0 saturated heterocycles. The second-order valence-electron chi connectivity index (χ2n) is 6.58. The molecular formula is C22H21ClN2O4S. The second kappa shape index (κ2) is 9.75. The lowest BCUT2D eigenvalue weighted by molar-refractivity contribution is 0.0950. The molecule has 0 aromatic heterocycles. The Hall–Kier alpha value is -2.87. The third-order valence-corrected chi connectivity index (χ3v) is 5.88. The van der Waals surface area contributed by atoms with Gasteiger partial charge < -0.3 is 10.1 Å². The quantitative estimate of drug-likeness (QED) is 0.544. The third kappa shape index (κ3) is 5.82. The molecule has 30 heavy (non-hydrogen) atoms. The summed E-state index contributed by atoms with van der Waals surface area (Å²) in [5, 5.41) is 3.22. The number of nitrogens with one attached hydrogen (secondary N) is 2. The molecule has 0 aliphatic heterocycles. The molecule has 0 unspecified atom stereocenters. The number of ether oxygens (including phenoxy) is 1. The minimum absolute atomic E-state index is 0.0148. The van der Waals surface area contributed by atoms with Crippen molar-refractivity contribution in [2.24, 2.45) is 0 Å². The van der Waals surface area contributed by atoms with Crippen molar-refractivity contribution in [1.82, 2.24) is 5.32 Å². The fourth-order valence-corrected chi connectivity index (χ4v) is 4.06. The number of amides is 1. The summed E-state index contributed by atoms with van der Waals surface area (Å²) in [4.78, 5) is 12.5. The number of carbonyl (C=O) groups excluding carboxylic acids is 1. The van der Waals surface area contributed by atoms with E-state index in [1.165, 1.54) is 24.3 Å². The van der Waals surface area contributed by atoms with Crippen LogP contribution in [-0.4, -0.2) is 21.4 Å². The van der Waals surface area contributed by atoms with Crippen molar-refractivity contribution < 1.29 is 17.9 Å². The van der Waals surface area contributed by atoms with E-state index >= 15 is 0 Å². The molecule has 0 saturated carbocycles. The van der Waals surface area contributed by atoms with E-state index in [9.17, 15) is 13.2 Å². The van der Waals surface area contributed by atoms with Crippen molar-refractivity contribution in [2.45, 2.75) is 18.0 Å². The number of rotatable bonds is 8. The smallest absolute Gasteiger partial charge is 0.261 e. The molecule has 0 heterocycles. The van der Waals surface area contributed by atoms with Gasteiger partial charge in [0.1, 0.15) is 0 Å². The van der Waals surface area contributed by atoms with Gasteiger partial charge in [-0.05, 0) is 47.5 Å². The molecule has 8 heteroatoms. The van der Waals surface area contributed by atoms with Crippen LogP contribution in [-0.2, 0) is 27.9 Å². The zero-order valence-electron chi connectivity index (χ0n) is 16.3. The van der Waals surface area contributed by atoms with Crippen LogP contribution in [0.5, 0.6) is 0 Å². The monoisotopic (exact) mass is 444 g/mol. The van der Waals surface area contributed by atoms with Gasteiger partial charge in [0.15, 0.2) is 0 Å². The van der Waals surface area contributed by atoms with Crippen molar-refractivity contribution in [3.05, 3.63) is 94.5 Å². The number of halogens is 1. The molecule has 3 rings (SSSR count). The van der Waals surface area contributed by atoms with Crippen LogP contribution in [0.4, 0.5) is 5.69 Å². The molecule has 0 aliphatic carbocycles. The Balaban J connectivity index is 1.68.